The van der Waals surface area contributed by atoms with Crippen molar-refractivity contribution >= 4 is 6.29 Å². The molecule has 0 radical (unpaired) electrons. The summed E-state index contributed by atoms with van der Waals surface area (Å²) in [6, 6.07) is 5.79. The van der Waals surface area contributed by atoms with E-state index in [9.17, 15) is 4.79 Å². The van der Waals surface area contributed by atoms with Gasteiger partial charge >= 0.3 is 0 Å². The second-order valence-corrected chi connectivity index (χ2v) is 4.51. The van der Waals surface area contributed by atoms with Crippen LogP contribution < -0.4 is 4.74 Å². The second-order valence-electron chi connectivity index (χ2n) is 4.51. The molecule has 1 aromatic carbocycles. The van der Waals surface area contributed by atoms with E-state index in [1.54, 1.807) is 18.3 Å². The molecule has 0 aliphatic heterocycles. The number of aryl methyl sites for hydroxylation is 1. The van der Waals surface area contributed by atoms with Gasteiger partial charge in [0.1, 0.15) is 5.75 Å². The first-order chi connectivity index (χ1) is 8.60. The van der Waals surface area contributed by atoms with Gasteiger partial charge < -0.3 is 4.74 Å². The zero-order valence-electron chi connectivity index (χ0n) is 10.8. The van der Waals surface area contributed by atoms with Gasteiger partial charge in [0.15, 0.2) is 12.0 Å². The van der Waals surface area contributed by atoms with Gasteiger partial charge in [0.25, 0.3) is 0 Å². The van der Waals surface area contributed by atoms with E-state index in [4.69, 9.17) is 4.74 Å². The Labute approximate surface area is 106 Å². The van der Waals surface area contributed by atoms with Crippen LogP contribution in [0, 0.1) is 6.92 Å². The van der Waals surface area contributed by atoms with Crippen LogP contribution in [0.4, 0.5) is 0 Å². The van der Waals surface area contributed by atoms with Gasteiger partial charge in [-0.25, -0.2) is 0 Å². The summed E-state index contributed by atoms with van der Waals surface area (Å²) in [6.07, 6.45) is 4.27. The van der Waals surface area contributed by atoms with E-state index in [1.807, 2.05) is 37.7 Å². The van der Waals surface area contributed by atoms with Crippen LogP contribution in [-0.4, -0.2) is 16.1 Å². The largest absolute Gasteiger partial charge is 0.453 e. The Morgan fingerprint density at radius 2 is 2.17 bits per heavy atom. The van der Waals surface area contributed by atoms with Gasteiger partial charge in [-0.05, 0) is 32.9 Å². The topological polar surface area (TPSA) is 44.1 Å². The number of carbonyl (C=O) groups excluding carboxylic acids is 1. The van der Waals surface area contributed by atoms with E-state index < -0.39 is 0 Å². The van der Waals surface area contributed by atoms with Crippen LogP contribution in [0.15, 0.2) is 30.6 Å². The van der Waals surface area contributed by atoms with Crippen molar-refractivity contribution in [1.82, 2.24) is 9.78 Å². The Morgan fingerprint density at radius 1 is 1.39 bits per heavy atom. The lowest BCUT2D eigenvalue weighted by Crippen LogP contribution is -1.99. The summed E-state index contributed by atoms with van der Waals surface area (Å²) in [4.78, 5) is 11.0. The van der Waals surface area contributed by atoms with Gasteiger partial charge in [-0.15, -0.1) is 0 Å². The molecule has 0 fully saturated rings. The number of benzene rings is 1. The molecule has 2 rings (SSSR count). The molecule has 1 heterocycles. The van der Waals surface area contributed by atoms with Gasteiger partial charge in [0.05, 0.1) is 18.0 Å². The van der Waals surface area contributed by atoms with E-state index in [0.29, 0.717) is 17.1 Å². The van der Waals surface area contributed by atoms with Crippen molar-refractivity contribution in [1.29, 1.82) is 0 Å². The molecule has 0 saturated heterocycles. The molecule has 18 heavy (non-hydrogen) atoms. The highest BCUT2D eigenvalue weighted by Gasteiger charge is 2.07. The summed E-state index contributed by atoms with van der Waals surface area (Å²) in [5, 5.41) is 4.19. The fourth-order valence-electron chi connectivity index (χ4n) is 1.64. The Bertz CT molecular complexity index is 559. The Balaban J connectivity index is 2.25. The molecule has 0 bridgehead atoms. The van der Waals surface area contributed by atoms with Crippen LogP contribution in [0.5, 0.6) is 11.5 Å². The van der Waals surface area contributed by atoms with Crippen LogP contribution >= 0.6 is 0 Å². The van der Waals surface area contributed by atoms with Crippen molar-refractivity contribution in [3.63, 3.8) is 0 Å². The Hall–Kier alpha value is -2.10. The van der Waals surface area contributed by atoms with E-state index in [2.05, 4.69) is 5.10 Å². The predicted octanol–water partition coefficient (Wildman–Crippen LogP) is 3.38. The highest BCUT2D eigenvalue weighted by Crippen LogP contribution is 2.25. The lowest BCUT2D eigenvalue weighted by molar-refractivity contribution is 0.112. The normalized spacial score (nSPS) is 10.7. The number of aromatic nitrogens is 2. The van der Waals surface area contributed by atoms with E-state index >= 15 is 0 Å². The van der Waals surface area contributed by atoms with E-state index in [-0.39, 0.29) is 6.04 Å². The monoisotopic (exact) mass is 244 g/mol. The fourth-order valence-corrected chi connectivity index (χ4v) is 1.64. The summed E-state index contributed by atoms with van der Waals surface area (Å²) >= 11 is 0. The standard InChI is InChI=1S/C14H16N2O2/c1-10(2)16-8-13(7-15-16)18-14-5-4-11(3)6-12(14)9-17/h4-10H,1-3H3. The Morgan fingerprint density at radius 3 is 2.78 bits per heavy atom. The maximum atomic E-state index is 11.0. The maximum absolute atomic E-state index is 11.0. The molecule has 0 amide bonds. The zero-order chi connectivity index (χ0) is 13.1. The number of carbonyl (C=O) groups is 1. The number of hydrogen-bond acceptors (Lipinski definition) is 3. The van der Waals surface area contributed by atoms with Gasteiger partial charge in [0.2, 0.25) is 0 Å². The zero-order valence-corrected chi connectivity index (χ0v) is 10.8. The third kappa shape index (κ3) is 2.59. The molecule has 1 aromatic heterocycles. The van der Waals surface area contributed by atoms with Gasteiger partial charge in [-0.1, -0.05) is 11.6 Å². The summed E-state index contributed by atoms with van der Waals surface area (Å²) in [5.74, 6) is 1.19. The van der Waals surface area contributed by atoms with Gasteiger partial charge in [-0.2, -0.15) is 5.10 Å². The summed E-state index contributed by atoms with van der Waals surface area (Å²) in [6.45, 7) is 6.02. The number of nitrogens with zero attached hydrogens (tertiary/aromatic N) is 2. The average molecular weight is 244 g/mol. The summed E-state index contributed by atoms with van der Waals surface area (Å²) < 4.78 is 7.48. The van der Waals surface area contributed by atoms with Crippen LogP contribution in [-0.2, 0) is 0 Å². The highest BCUT2D eigenvalue weighted by molar-refractivity contribution is 5.79. The SMILES string of the molecule is Cc1ccc(Oc2cnn(C(C)C)c2)c(C=O)c1. The fraction of sp³-hybridized carbons (Fsp3) is 0.286. The lowest BCUT2D eigenvalue weighted by atomic mass is 10.1. The summed E-state index contributed by atoms with van der Waals surface area (Å²) in [5.41, 5.74) is 1.58. The smallest absolute Gasteiger partial charge is 0.165 e. The predicted molar refractivity (Wildman–Crippen MR) is 69.3 cm³/mol. The van der Waals surface area contributed by atoms with Crippen LogP contribution in [0.2, 0.25) is 0 Å². The van der Waals surface area contributed by atoms with Crippen LogP contribution in [0.1, 0.15) is 35.8 Å². The molecule has 0 N–H and O–H groups in total. The number of aldehydes is 1. The molecule has 0 saturated carbocycles. The van der Waals surface area contributed by atoms with Crippen LogP contribution in [0.3, 0.4) is 0 Å². The highest BCUT2D eigenvalue weighted by atomic mass is 16.5. The molecular weight excluding hydrogens is 228 g/mol. The molecule has 0 unspecified atom stereocenters. The molecule has 94 valence electrons. The van der Waals surface area contributed by atoms with Crippen molar-refractivity contribution in [3.8, 4) is 11.5 Å². The molecular formula is C14H16N2O2. The Kier molecular flexibility index (Phi) is 3.46. The first-order valence-electron chi connectivity index (χ1n) is 5.88. The minimum atomic E-state index is 0.283. The van der Waals surface area contributed by atoms with Crippen molar-refractivity contribution in [2.45, 2.75) is 26.8 Å². The number of hydrogen-bond donors (Lipinski definition) is 0. The molecule has 4 nitrogen and oxygen atoms in total. The molecule has 2 aromatic rings. The maximum Gasteiger partial charge on any atom is 0.165 e. The third-order valence-electron chi connectivity index (χ3n) is 2.63. The first kappa shape index (κ1) is 12.4. The average Bonchev–Trinajstić information content (AvgIpc) is 2.80. The van der Waals surface area contributed by atoms with Crippen molar-refractivity contribution in [2.75, 3.05) is 0 Å². The first-order valence-corrected chi connectivity index (χ1v) is 5.88. The number of rotatable bonds is 4. The number of ether oxygens (including phenoxy) is 1. The van der Waals surface area contributed by atoms with Gasteiger partial charge in [0, 0.05) is 6.04 Å². The molecule has 0 aliphatic rings. The van der Waals surface area contributed by atoms with Crippen molar-refractivity contribution in [2.24, 2.45) is 0 Å². The third-order valence-corrected chi connectivity index (χ3v) is 2.63. The summed E-state index contributed by atoms with van der Waals surface area (Å²) in [7, 11) is 0. The van der Waals surface area contributed by atoms with Crippen molar-refractivity contribution < 1.29 is 9.53 Å². The molecule has 0 atom stereocenters. The van der Waals surface area contributed by atoms with E-state index in [1.165, 1.54) is 0 Å². The van der Waals surface area contributed by atoms with Crippen molar-refractivity contribution in [3.05, 3.63) is 41.7 Å². The van der Waals surface area contributed by atoms with E-state index in [0.717, 1.165) is 11.8 Å². The lowest BCUT2D eigenvalue weighted by Gasteiger charge is -2.06. The molecule has 4 heteroatoms. The van der Waals surface area contributed by atoms with Crippen LogP contribution in [0.25, 0.3) is 0 Å². The van der Waals surface area contributed by atoms with Gasteiger partial charge in [-0.3, -0.25) is 9.48 Å². The minimum Gasteiger partial charge on any atom is -0.453 e. The quantitative estimate of drug-likeness (QED) is 0.774. The molecule has 0 aliphatic carbocycles. The molecule has 0 spiro atoms. The minimum absolute atomic E-state index is 0.283. The second kappa shape index (κ2) is 5.04.